The van der Waals surface area contributed by atoms with E-state index >= 15 is 0 Å². The highest BCUT2D eigenvalue weighted by molar-refractivity contribution is 7.54. The van der Waals surface area contributed by atoms with Gasteiger partial charge in [0, 0.05) is 0 Å². The van der Waals surface area contributed by atoms with Crippen molar-refractivity contribution in [3.8, 4) is 0 Å². The minimum absolute atomic E-state index is 0.0329. The van der Waals surface area contributed by atoms with Crippen LogP contribution in [0.1, 0.15) is 55.4 Å². The Morgan fingerprint density at radius 2 is 1.26 bits per heavy atom. The van der Waals surface area contributed by atoms with E-state index in [-0.39, 0.29) is 25.9 Å². The number of carbonyl (C=O) groups excluding carboxylic acids is 2. The van der Waals surface area contributed by atoms with Crippen LogP contribution in [-0.4, -0.2) is 54.2 Å². The second kappa shape index (κ2) is 10.8. The molecule has 27 heavy (non-hydrogen) atoms. The fourth-order valence-electron chi connectivity index (χ4n) is 1.78. The highest BCUT2D eigenvalue weighted by Gasteiger charge is 2.30. The number of hydrogen-bond acceptors (Lipinski definition) is 7. The maximum Gasteiger partial charge on any atom is 0.420 e. The molecule has 0 fully saturated rings. The molecular formula is C18H34NO7P. The number of allylic oxidation sites excluding steroid dienone is 1. The van der Waals surface area contributed by atoms with Crippen molar-refractivity contribution in [3.63, 3.8) is 0 Å². The van der Waals surface area contributed by atoms with Crippen molar-refractivity contribution in [3.05, 3.63) is 12.2 Å². The molecule has 0 aromatic heterocycles. The van der Waals surface area contributed by atoms with Crippen LogP contribution < -0.4 is 0 Å². The number of ether oxygens (including phenoxy) is 2. The van der Waals surface area contributed by atoms with E-state index in [0.29, 0.717) is 0 Å². The molecule has 0 aliphatic carbocycles. The summed E-state index contributed by atoms with van der Waals surface area (Å²) in [5.74, 6) is 0. The van der Waals surface area contributed by atoms with Crippen molar-refractivity contribution < 1.29 is 32.7 Å². The summed E-state index contributed by atoms with van der Waals surface area (Å²) in [6.45, 7) is 14.1. The van der Waals surface area contributed by atoms with Gasteiger partial charge in [0.25, 0.3) is 0 Å². The number of imide groups is 1. The van der Waals surface area contributed by atoms with Crippen LogP contribution >= 0.6 is 7.60 Å². The summed E-state index contributed by atoms with van der Waals surface area (Å²) in [6, 6.07) is 0. The minimum atomic E-state index is -3.23. The number of amides is 2. The molecule has 0 N–H and O–H groups in total. The highest BCUT2D eigenvalue weighted by atomic mass is 31.2. The van der Waals surface area contributed by atoms with Crippen LogP contribution in [0.15, 0.2) is 12.2 Å². The van der Waals surface area contributed by atoms with Crippen LogP contribution in [-0.2, 0) is 23.1 Å². The lowest BCUT2D eigenvalue weighted by atomic mass is 10.2. The first-order valence-corrected chi connectivity index (χ1v) is 10.7. The van der Waals surface area contributed by atoms with Gasteiger partial charge in [0.15, 0.2) is 0 Å². The molecule has 0 radical (unpaired) electrons. The molecule has 9 heteroatoms. The van der Waals surface area contributed by atoms with E-state index in [0.717, 1.165) is 4.90 Å². The number of rotatable bonds is 8. The molecule has 0 aliphatic heterocycles. The van der Waals surface area contributed by atoms with Crippen LogP contribution in [0, 0.1) is 0 Å². The second-order valence-electron chi connectivity index (χ2n) is 7.67. The average molecular weight is 407 g/mol. The van der Waals surface area contributed by atoms with Gasteiger partial charge in [-0.2, -0.15) is 0 Å². The summed E-state index contributed by atoms with van der Waals surface area (Å²) in [5, 5.41) is 0. The van der Waals surface area contributed by atoms with Crippen molar-refractivity contribution in [2.45, 2.75) is 66.6 Å². The molecule has 0 spiro atoms. The predicted octanol–water partition coefficient (Wildman–Crippen LogP) is 4.98. The number of carbonyl (C=O) groups is 2. The molecule has 0 aliphatic rings. The Hall–Kier alpha value is -1.37. The van der Waals surface area contributed by atoms with Gasteiger partial charge in [-0.15, -0.1) is 0 Å². The van der Waals surface area contributed by atoms with Crippen molar-refractivity contribution in [1.29, 1.82) is 0 Å². The maximum atomic E-state index is 12.4. The number of nitrogens with zero attached hydrogens (tertiary/aromatic N) is 1. The summed E-state index contributed by atoms with van der Waals surface area (Å²) in [5.41, 5.74) is -1.53. The Labute approximate surface area is 162 Å². The van der Waals surface area contributed by atoms with Gasteiger partial charge in [0.05, 0.1) is 25.9 Å². The molecule has 0 unspecified atom stereocenters. The lowest BCUT2D eigenvalue weighted by Gasteiger charge is -2.28. The summed E-state index contributed by atoms with van der Waals surface area (Å²) < 4.78 is 33.3. The van der Waals surface area contributed by atoms with Gasteiger partial charge in [-0.3, -0.25) is 4.57 Å². The summed E-state index contributed by atoms with van der Waals surface area (Å²) in [7, 11) is -3.23. The van der Waals surface area contributed by atoms with Crippen LogP contribution in [0.4, 0.5) is 9.59 Å². The van der Waals surface area contributed by atoms with E-state index in [1.807, 2.05) is 0 Å². The van der Waals surface area contributed by atoms with Crippen LogP contribution in [0.2, 0.25) is 0 Å². The summed E-state index contributed by atoms with van der Waals surface area (Å²) in [6.07, 6.45) is 1.47. The third-order valence-corrected chi connectivity index (χ3v) is 4.62. The van der Waals surface area contributed by atoms with E-state index in [1.165, 1.54) is 6.08 Å². The first kappa shape index (κ1) is 25.6. The molecule has 0 atom stereocenters. The van der Waals surface area contributed by atoms with E-state index in [1.54, 1.807) is 61.5 Å². The zero-order valence-corrected chi connectivity index (χ0v) is 18.6. The normalized spacial score (nSPS) is 12.9. The molecule has 0 bridgehead atoms. The Bertz CT molecular complexity index is 523. The zero-order chi connectivity index (χ0) is 21.3. The fourth-order valence-corrected chi connectivity index (χ4v) is 3.26. The van der Waals surface area contributed by atoms with Gasteiger partial charge >= 0.3 is 19.8 Å². The molecule has 158 valence electrons. The molecule has 0 heterocycles. The van der Waals surface area contributed by atoms with Crippen molar-refractivity contribution in [2.24, 2.45) is 0 Å². The molecule has 0 aromatic carbocycles. The minimum Gasteiger partial charge on any atom is -0.443 e. The van der Waals surface area contributed by atoms with Crippen molar-refractivity contribution in [2.75, 3.05) is 25.9 Å². The molecule has 8 nitrogen and oxygen atoms in total. The van der Waals surface area contributed by atoms with Crippen LogP contribution in [0.5, 0.6) is 0 Å². The Kier molecular flexibility index (Phi) is 10.3. The standard InChI is InChI=1S/C18H34NO7P/c1-9-23-27(22,24-10-2)14-12-11-13-19(15(20)25-17(3,4)5)16(21)26-18(6,7)8/h11-12H,9-10,13-14H2,1-8H3/b12-11+. The van der Waals surface area contributed by atoms with Gasteiger partial charge in [0.1, 0.15) is 11.2 Å². The summed E-state index contributed by atoms with van der Waals surface area (Å²) >= 11 is 0. The van der Waals surface area contributed by atoms with Crippen LogP contribution in [0.3, 0.4) is 0 Å². The van der Waals surface area contributed by atoms with Crippen molar-refractivity contribution in [1.82, 2.24) is 4.90 Å². The maximum absolute atomic E-state index is 12.4. The molecule has 2 amide bonds. The lowest BCUT2D eigenvalue weighted by Crippen LogP contribution is -2.43. The average Bonchev–Trinajstić information content (AvgIpc) is 2.43. The fraction of sp³-hybridized carbons (Fsp3) is 0.778. The monoisotopic (exact) mass is 407 g/mol. The third kappa shape index (κ3) is 11.8. The Morgan fingerprint density at radius 1 is 0.852 bits per heavy atom. The first-order chi connectivity index (χ1) is 12.2. The first-order valence-electron chi connectivity index (χ1n) is 8.99. The quantitative estimate of drug-likeness (QED) is 0.414. The van der Waals surface area contributed by atoms with Crippen molar-refractivity contribution >= 4 is 19.8 Å². The highest BCUT2D eigenvalue weighted by Crippen LogP contribution is 2.47. The molecule has 0 saturated carbocycles. The second-order valence-corrected chi connectivity index (χ2v) is 9.78. The topological polar surface area (TPSA) is 91.4 Å². The van der Waals surface area contributed by atoms with Crippen LogP contribution in [0.25, 0.3) is 0 Å². The van der Waals surface area contributed by atoms with E-state index in [4.69, 9.17) is 18.5 Å². The van der Waals surface area contributed by atoms with Gasteiger partial charge in [0.2, 0.25) is 0 Å². The van der Waals surface area contributed by atoms with E-state index < -0.39 is 31.0 Å². The van der Waals surface area contributed by atoms with Gasteiger partial charge < -0.3 is 18.5 Å². The van der Waals surface area contributed by atoms with Gasteiger partial charge in [-0.25, -0.2) is 14.5 Å². The molecular weight excluding hydrogens is 373 g/mol. The largest absolute Gasteiger partial charge is 0.443 e. The predicted molar refractivity (Wildman–Crippen MR) is 104 cm³/mol. The smallest absolute Gasteiger partial charge is 0.420 e. The molecule has 0 rings (SSSR count). The zero-order valence-electron chi connectivity index (χ0n) is 17.7. The molecule has 0 aromatic rings. The van der Waals surface area contributed by atoms with Gasteiger partial charge in [-0.05, 0) is 55.4 Å². The number of hydrogen-bond donors (Lipinski definition) is 0. The Balaban J connectivity index is 5.16. The van der Waals surface area contributed by atoms with E-state index in [2.05, 4.69) is 0 Å². The summed E-state index contributed by atoms with van der Waals surface area (Å²) in [4.78, 5) is 25.5. The molecule has 0 saturated heterocycles. The third-order valence-electron chi connectivity index (χ3n) is 2.66. The SMILES string of the molecule is CCOP(=O)(C/C=C/CN(C(=O)OC(C)(C)C)C(=O)OC(C)(C)C)OCC. The van der Waals surface area contributed by atoms with Gasteiger partial charge in [-0.1, -0.05) is 12.2 Å². The lowest BCUT2D eigenvalue weighted by molar-refractivity contribution is 0.00373. The Morgan fingerprint density at radius 3 is 1.59 bits per heavy atom. The van der Waals surface area contributed by atoms with E-state index in [9.17, 15) is 14.2 Å².